The summed E-state index contributed by atoms with van der Waals surface area (Å²) in [4.78, 5) is 22.1. The maximum Gasteiger partial charge on any atom is 0.243 e. The first-order valence-corrected chi connectivity index (χ1v) is 14.4. The Kier molecular flexibility index (Phi) is 7.89. The molecule has 2 saturated heterocycles. The highest BCUT2D eigenvalue weighted by atomic mass is 32.2. The molecule has 11 heteroatoms. The van der Waals surface area contributed by atoms with E-state index in [1.54, 1.807) is 25.1 Å². The number of hydrogen-bond acceptors (Lipinski definition) is 8. The third kappa shape index (κ3) is 5.96. The number of aromatic nitrogens is 2. The predicted octanol–water partition coefficient (Wildman–Crippen LogP) is 2.83. The number of piperazine rings is 1. The van der Waals surface area contributed by atoms with Crippen molar-refractivity contribution >= 4 is 21.6 Å². The Morgan fingerprint density at radius 1 is 1.03 bits per heavy atom. The molecule has 1 aromatic heterocycles. The molecular formula is C27H34N6O4S. The van der Waals surface area contributed by atoms with Crippen LogP contribution in [-0.4, -0.2) is 84.9 Å². The molecule has 5 rings (SSSR count). The van der Waals surface area contributed by atoms with E-state index in [4.69, 9.17) is 4.52 Å². The van der Waals surface area contributed by atoms with Crippen LogP contribution < -0.4 is 5.32 Å². The first-order valence-electron chi connectivity index (χ1n) is 13.0. The number of aryl methyl sites for hydroxylation is 1. The van der Waals surface area contributed by atoms with E-state index in [1.807, 2.05) is 37.4 Å². The molecule has 0 bridgehead atoms. The van der Waals surface area contributed by atoms with Gasteiger partial charge in [0.25, 0.3) is 0 Å². The van der Waals surface area contributed by atoms with Crippen molar-refractivity contribution in [3.8, 4) is 11.4 Å². The molecule has 1 N–H and O–H groups in total. The summed E-state index contributed by atoms with van der Waals surface area (Å²) in [5.74, 6) is 0.899. The van der Waals surface area contributed by atoms with Gasteiger partial charge >= 0.3 is 0 Å². The van der Waals surface area contributed by atoms with Crippen LogP contribution in [0.3, 0.4) is 0 Å². The van der Waals surface area contributed by atoms with E-state index in [2.05, 4.69) is 25.3 Å². The number of hydrogen-bond donors (Lipinski definition) is 1. The van der Waals surface area contributed by atoms with Gasteiger partial charge in [0.1, 0.15) is 0 Å². The van der Waals surface area contributed by atoms with Gasteiger partial charge in [-0.2, -0.15) is 9.29 Å². The minimum absolute atomic E-state index is 0.0828. The second kappa shape index (κ2) is 11.3. The van der Waals surface area contributed by atoms with Crippen molar-refractivity contribution in [1.82, 2.24) is 24.2 Å². The van der Waals surface area contributed by atoms with Crippen molar-refractivity contribution in [2.24, 2.45) is 5.92 Å². The van der Waals surface area contributed by atoms with Crippen LogP contribution in [0.1, 0.15) is 24.3 Å². The standard InChI is InChI=1S/C27H34N6O4S/c1-20-8-9-23(18-24(20)38(35,36)33-16-14-31(2)15-17-33)28-27(34)22-10-12-32(13-11-22)19-25-29-26(30-37-25)21-6-4-3-5-7-21/h3-9,18,22H,10-17,19H2,1-2H3,(H,28,34). The van der Waals surface area contributed by atoms with Gasteiger partial charge in [0.05, 0.1) is 11.4 Å². The zero-order chi connectivity index (χ0) is 26.7. The van der Waals surface area contributed by atoms with Crippen molar-refractivity contribution in [3.05, 3.63) is 60.0 Å². The molecule has 0 unspecified atom stereocenters. The Balaban J connectivity index is 1.16. The molecule has 10 nitrogen and oxygen atoms in total. The van der Waals surface area contributed by atoms with Crippen LogP contribution in [0.25, 0.3) is 11.4 Å². The molecule has 2 aromatic carbocycles. The first kappa shape index (κ1) is 26.5. The predicted molar refractivity (Wildman–Crippen MR) is 144 cm³/mol. The number of rotatable bonds is 7. The molecule has 0 atom stereocenters. The van der Waals surface area contributed by atoms with E-state index >= 15 is 0 Å². The number of sulfonamides is 1. The Morgan fingerprint density at radius 3 is 2.45 bits per heavy atom. The van der Waals surface area contributed by atoms with Crippen molar-refractivity contribution in [2.75, 3.05) is 51.6 Å². The van der Waals surface area contributed by atoms with E-state index in [0.29, 0.717) is 68.5 Å². The molecule has 1 amide bonds. The van der Waals surface area contributed by atoms with Gasteiger partial charge in [-0.3, -0.25) is 9.69 Å². The third-order valence-corrected chi connectivity index (χ3v) is 9.39. The van der Waals surface area contributed by atoms with Gasteiger partial charge in [0.15, 0.2) is 0 Å². The Hall–Kier alpha value is -3.12. The molecule has 2 aliphatic heterocycles. The van der Waals surface area contributed by atoms with Gasteiger partial charge in [-0.15, -0.1) is 0 Å². The summed E-state index contributed by atoms with van der Waals surface area (Å²) in [7, 11) is -1.63. The van der Waals surface area contributed by atoms with Gasteiger partial charge in [-0.25, -0.2) is 8.42 Å². The lowest BCUT2D eigenvalue weighted by atomic mass is 9.96. The lowest BCUT2D eigenvalue weighted by molar-refractivity contribution is -0.121. The van der Waals surface area contributed by atoms with Crippen LogP contribution in [-0.2, 0) is 21.4 Å². The number of benzene rings is 2. The molecule has 0 saturated carbocycles. The molecule has 38 heavy (non-hydrogen) atoms. The molecule has 3 heterocycles. The van der Waals surface area contributed by atoms with Crippen LogP contribution in [0, 0.1) is 12.8 Å². The second-order valence-electron chi connectivity index (χ2n) is 10.1. The number of carbonyl (C=O) groups excluding carboxylic acids is 1. The monoisotopic (exact) mass is 538 g/mol. The summed E-state index contributed by atoms with van der Waals surface area (Å²) < 4.78 is 33.6. The van der Waals surface area contributed by atoms with Crippen LogP contribution in [0.2, 0.25) is 0 Å². The Morgan fingerprint density at radius 2 is 1.74 bits per heavy atom. The van der Waals surface area contributed by atoms with Gasteiger partial charge in [0.2, 0.25) is 27.6 Å². The fraction of sp³-hybridized carbons (Fsp3) is 0.444. The summed E-state index contributed by atoms with van der Waals surface area (Å²) in [6.45, 7) is 6.13. The molecule has 3 aromatic rings. The fourth-order valence-corrected chi connectivity index (χ4v) is 6.61. The molecule has 202 valence electrons. The number of amides is 1. The highest BCUT2D eigenvalue weighted by Crippen LogP contribution is 2.26. The topological polar surface area (TPSA) is 112 Å². The van der Waals surface area contributed by atoms with Crippen LogP contribution in [0.4, 0.5) is 5.69 Å². The quantitative estimate of drug-likeness (QED) is 0.489. The first-order chi connectivity index (χ1) is 18.3. The second-order valence-corrected chi connectivity index (χ2v) is 12.0. The van der Waals surface area contributed by atoms with Crippen molar-refractivity contribution in [2.45, 2.75) is 31.2 Å². The lowest BCUT2D eigenvalue weighted by Crippen LogP contribution is -2.47. The summed E-state index contributed by atoms with van der Waals surface area (Å²) in [5.41, 5.74) is 2.09. The molecular weight excluding hydrogens is 504 g/mol. The highest BCUT2D eigenvalue weighted by Gasteiger charge is 2.30. The minimum atomic E-state index is -3.62. The third-order valence-electron chi connectivity index (χ3n) is 7.35. The van der Waals surface area contributed by atoms with E-state index in [1.165, 1.54) is 4.31 Å². The van der Waals surface area contributed by atoms with Crippen LogP contribution in [0.15, 0.2) is 57.9 Å². The van der Waals surface area contributed by atoms with E-state index in [9.17, 15) is 13.2 Å². The Bertz CT molecular complexity index is 1360. The Labute approximate surface area is 223 Å². The number of nitrogens with zero attached hydrogens (tertiary/aromatic N) is 5. The van der Waals surface area contributed by atoms with Gasteiger partial charge < -0.3 is 14.7 Å². The van der Waals surface area contributed by atoms with Gasteiger partial charge in [-0.05, 0) is 57.6 Å². The van der Waals surface area contributed by atoms with Crippen LogP contribution in [0.5, 0.6) is 0 Å². The normalized spacial score (nSPS) is 18.5. The average molecular weight is 539 g/mol. The molecule has 0 aliphatic carbocycles. The molecule has 0 spiro atoms. The van der Waals surface area contributed by atoms with Gasteiger partial charge in [0, 0.05) is 43.3 Å². The van der Waals surface area contributed by atoms with Gasteiger partial charge in [-0.1, -0.05) is 41.6 Å². The van der Waals surface area contributed by atoms with Crippen molar-refractivity contribution < 1.29 is 17.7 Å². The zero-order valence-corrected chi connectivity index (χ0v) is 22.7. The summed E-state index contributed by atoms with van der Waals surface area (Å²) in [6, 6.07) is 14.8. The van der Waals surface area contributed by atoms with Crippen LogP contribution >= 0.6 is 0 Å². The van der Waals surface area contributed by atoms with Crippen molar-refractivity contribution in [3.63, 3.8) is 0 Å². The van der Waals surface area contributed by atoms with Crippen molar-refractivity contribution in [1.29, 1.82) is 0 Å². The maximum absolute atomic E-state index is 13.3. The fourth-order valence-electron chi connectivity index (χ4n) is 4.94. The maximum atomic E-state index is 13.3. The van der Waals surface area contributed by atoms with E-state index in [-0.39, 0.29) is 16.7 Å². The highest BCUT2D eigenvalue weighted by molar-refractivity contribution is 7.89. The number of carbonyl (C=O) groups is 1. The van der Waals surface area contributed by atoms with E-state index in [0.717, 1.165) is 18.7 Å². The molecule has 0 radical (unpaired) electrons. The summed E-state index contributed by atoms with van der Waals surface area (Å²) >= 11 is 0. The number of piperidine rings is 1. The zero-order valence-electron chi connectivity index (χ0n) is 21.8. The molecule has 2 aliphatic rings. The number of likely N-dealkylation sites (N-methyl/N-ethyl adjacent to an activating group) is 1. The summed E-state index contributed by atoms with van der Waals surface area (Å²) in [6.07, 6.45) is 1.40. The largest absolute Gasteiger partial charge is 0.338 e. The number of nitrogens with one attached hydrogen (secondary N) is 1. The number of anilines is 1. The summed E-state index contributed by atoms with van der Waals surface area (Å²) in [5, 5.41) is 7.04. The SMILES string of the molecule is Cc1ccc(NC(=O)C2CCN(Cc3nc(-c4ccccc4)no3)CC2)cc1S(=O)(=O)N1CCN(C)CC1. The van der Waals surface area contributed by atoms with E-state index < -0.39 is 10.0 Å². The smallest absolute Gasteiger partial charge is 0.243 e. The average Bonchev–Trinajstić information content (AvgIpc) is 3.39. The number of likely N-dealkylation sites (tertiary alicyclic amines) is 1. The molecule has 2 fully saturated rings. The lowest BCUT2D eigenvalue weighted by Gasteiger charge is -2.32. The minimum Gasteiger partial charge on any atom is -0.338 e.